The molecule has 0 aliphatic heterocycles. The Morgan fingerprint density at radius 1 is 0.971 bits per heavy atom. The van der Waals surface area contributed by atoms with Crippen LogP contribution in [0.2, 0.25) is 0 Å². The van der Waals surface area contributed by atoms with Gasteiger partial charge in [-0.2, -0.15) is 0 Å². The van der Waals surface area contributed by atoms with Gasteiger partial charge in [0.1, 0.15) is 24.7 Å². The fourth-order valence-corrected chi connectivity index (χ4v) is 5.28. The Bertz CT molecular complexity index is 1230. The van der Waals surface area contributed by atoms with Crippen molar-refractivity contribution in [2.75, 3.05) is 31.1 Å². The summed E-state index contributed by atoms with van der Waals surface area (Å²) >= 11 is 3.33. The van der Waals surface area contributed by atoms with Gasteiger partial charge in [-0.25, -0.2) is 8.42 Å². The molecule has 0 aliphatic carbocycles. The summed E-state index contributed by atoms with van der Waals surface area (Å²) in [5.41, 5.74) is 2.50. The Balaban J connectivity index is 1.74. The van der Waals surface area contributed by atoms with Gasteiger partial charge in [-0.1, -0.05) is 35.4 Å². The van der Waals surface area contributed by atoms with Crippen molar-refractivity contribution in [1.82, 2.24) is 5.32 Å². The normalized spacial score (nSPS) is 11.1. The van der Waals surface area contributed by atoms with Gasteiger partial charge in [-0.3, -0.25) is 9.10 Å². The number of carbonyl (C=O) groups is 1. The Hall–Kier alpha value is -3.04. The first-order chi connectivity index (χ1) is 16.2. The molecular weight excluding hydrogens is 520 g/mol. The third-order valence-electron chi connectivity index (χ3n) is 5.03. The van der Waals surface area contributed by atoms with Gasteiger partial charge in [-0.05, 0) is 72.2 Å². The molecular formula is C25H27BrN2O5S. The van der Waals surface area contributed by atoms with Gasteiger partial charge in [-0.15, -0.1) is 0 Å². The maximum Gasteiger partial charge on any atom is 0.264 e. The van der Waals surface area contributed by atoms with E-state index in [1.165, 1.54) is 19.2 Å². The van der Waals surface area contributed by atoms with Crippen molar-refractivity contribution in [2.45, 2.75) is 18.7 Å². The van der Waals surface area contributed by atoms with E-state index in [1.807, 2.05) is 38.1 Å². The molecule has 7 nitrogen and oxygen atoms in total. The molecule has 0 fully saturated rings. The van der Waals surface area contributed by atoms with Crippen molar-refractivity contribution in [2.24, 2.45) is 0 Å². The molecule has 0 spiro atoms. The molecule has 34 heavy (non-hydrogen) atoms. The maximum atomic E-state index is 13.5. The zero-order valence-corrected chi connectivity index (χ0v) is 21.6. The number of benzene rings is 3. The van der Waals surface area contributed by atoms with Crippen molar-refractivity contribution in [3.63, 3.8) is 0 Å². The monoisotopic (exact) mass is 546 g/mol. The van der Waals surface area contributed by atoms with Crippen molar-refractivity contribution >= 4 is 37.5 Å². The third kappa shape index (κ3) is 6.51. The van der Waals surface area contributed by atoms with Crippen LogP contribution in [0.3, 0.4) is 0 Å². The Labute approximate surface area is 208 Å². The van der Waals surface area contributed by atoms with Crippen LogP contribution in [0.4, 0.5) is 5.69 Å². The molecule has 3 aromatic rings. The first-order valence-corrected chi connectivity index (χ1v) is 12.8. The van der Waals surface area contributed by atoms with Crippen LogP contribution < -0.4 is 19.1 Å². The summed E-state index contributed by atoms with van der Waals surface area (Å²) in [6.07, 6.45) is 0. The van der Waals surface area contributed by atoms with Crippen LogP contribution in [-0.4, -0.2) is 41.1 Å². The number of hydrogen-bond donors (Lipinski definition) is 1. The second-order valence-corrected chi connectivity index (χ2v) is 10.4. The number of aryl methyl sites for hydroxylation is 2. The Morgan fingerprint density at radius 3 is 2.18 bits per heavy atom. The molecule has 3 aromatic carbocycles. The first kappa shape index (κ1) is 25.6. The number of rotatable bonds is 10. The van der Waals surface area contributed by atoms with Gasteiger partial charge < -0.3 is 14.8 Å². The maximum absolute atomic E-state index is 13.5. The molecule has 3 rings (SSSR count). The molecule has 0 aromatic heterocycles. The molecule has 0 atom stereocenters. The van der Waals surface area contributed by atoms with Crippen LogP contribution in [0.1, 0.15) is 11.1 Å². The zero-order valence-electron chi connectivity index (χ0n) is 19.2. The molecule has 0 radical (unpaired) electrons. The number of amides is 1. The minimum Gasteiger partial charge on any atom is -0.496 e. The van der Waals surface area contributed by atoms with Crippen LogP contribution in [-0.2, 0) is 14.8 Å². The lowest BCUT2D eigenvalue weighted by molar-refractivity contribution is -0.119. The zero-order chi connectivity index (χ0) is 24.7. The predicted molar refractivity (Wildman–Crippen MR) is 136 cm³/mol. The second-order valence-electron chi connectivity index (χ2n) is 7.66. The number of methoxy groups -OCH3 is 1. The molecule has 0 heterocycles. The summed E-state index contributed by atoms with van der Waals surface area (Å²) in [6, 6.07) is 19.0. The van der Waals surface area contributed by atoms with Gasteiger partial charge in [0.15, 0.2) is 0 Å². The average molecular weight is 547 g/mol. The molecule has 9 heteroatoms. The van der Waals surface area contributed by atoms with Crippen LogP contribution in [0, 0.1) is 13.8 Å². The van der Waals surface area contributed by atoms with Crippen molar-refractivity contribution in [3.8, 4) is 11.5 Å². The van der Waals surface area contributed by atoms with E-state index < -0.39 is 15.9 Å². The highest BCUT2D eigenvalue weighted by molar-refractivity contribution is 9.10. The van der Waals surface area contributed by atoms with Crippen molar-refractivity contribution in [1.29, 1.82) is 0 Å². The SMILES string of the molecule is COc1ccc(S(=O)(=O)N(CC(=O)NCCOc2ccc(C)cc2)c2ccc(C)cc2)cc1Br. The minimum atomic E-state index is -4.03. The van der Waals surface area contributed by atoms with E-state index in [1.54, 1.807) is 30.3 Å². The third-order valence-corrected chi connectivity index (χ3v) is 7.42. The predicted octanol–water partition coefficient (Wildman–Crippen LogP) is 4.47. The number of nitrogens with zero attached hydrogens (tertiary/aromatic N) is 1. The topological polar surface area (TPSA) is 84.9 Å². The number of carbonyl (C=O) groups excluding carboxylic acids is 1. The van der Waals surface area contributed by atoms with E-state index in [-0.39, 0.29) is 24.6 Å². The van der Waals surface area contributed by atoms with Gasteiger partial charge in [0.2, 0.25) is 5.91 Å². The fraction of sp³-hybridized carbons (Fsp3) is 0.240. The quantitative estimate of drug-likeness (QED) is 0.379. The molecule has 0 unspecified atom stereocenters. The lowest BCUT2D eigenvalue weighted by atomic mass is 10.2. The van der Waals surface area contributed by atoms with E-state index in [0.717, 1.165) is 15.4 Å². The lowest BCUT2D eigenvalue weighted by Gasteiger charge is -2.24. The minimum absolute atomic E-state index is 0.0382. The van der Waals surface area contributed by atoms with Gasteiger partial charge in [0.25, 0.3) is 10.0 Å². The van der Waals surface area contributed by atoms with E-state index in [9.17, 15) is 13.2 Å². The largest absolute Gasteiger partial charge is 0.496 e. The van der Waals surface area contributed by atoms with Crippen LogP contribution >= 0.6 is 15.9 Å². The highest BCUT2D eigenvalue weighted by atomic mass is 79.9. The number of hydrogen-bond acceptors (Lipinski definition) is 5. The van der Waals surface area contributed by atoms with Crippen molar-refractivity contribution in [3.05, 3.63) is 82.3 Å². The van der Waals surface area contributed by atoms with Gasteiger partial charge >= 0.3 is 0 Å². The number of nitrogens with one attached hydrogen (secondary N) is 1. The van der Waals surface area contributed by atoms with Crippen LogP contribution in [0.25, 0.3) is 0 Å². The number of ether oxygens (including phenoxy) is 2. The van der Waals surface area contributed by atoms with Crippen LogP contribution in [0.15, 0.2) is 76.1 Å². The molecule has 1 N–H and O–H groups in total. The summed E-state index contributed by atoms with van der Waals surface area (Å²) in [5, 5.41) is 2.73. The van der Waals surface area contributed by atoms with Crippen LogP contribution in [0.5, 0.6) is 11.5 Å². The van der Waals surface area contributed by atoms with E-state index in [4.69, 9.17) is 9.47 Å². The summed E-state index contributed by atoms with van der Waals surface area (Å²) in [4.78, 5) is 12.7. The highest BCUT2D eigenvalue weighted by Gasteiger charge is 2.28. The number of anilines is 1. The number of sulfonamides is 1. The Kier molecular flexibility index (Phi) is 8.57. The molecule has 0 saturated heterocycles. The summed E-state index contributed by atoms with van der Waals surface area (Å²) < 4.78 is 39.4. The first-order valence-electron chi connectivity index (χ1n) is 10.6. The highest BCUT2D eigenvalue weighted by Crippen LogP contribution is 2.30. The standard InChI is InChI=1S/C25H27BrN2O5S/c1-18-4-8-20(9-5-18)28(34(30,31)22-12-13-24(32-3)23(26)16-22)17-25(29)27-14-15-33-21-10-6-19(2)7-11-21/h4-13,16H,14-15,17H2,1-3H3,(H,27,29). The molecule has 0 bridgehead atoms. The summed E-state index contributed by atoms with van der Waals surface area (Å²) in [7, 11) is -2.53. The second kappa shape index (κ2) is 11.4. The summed E-state index contributed by atoms with van der Waals surface area (Å²) in [6.45, 7) is 4.02. The summed E-state index contributed by atoms with van der Waals surface area (Å²) in [5.74, 6) is 0.769. The smallest absolute Gasteiger partial charge is 0.264 e. The van der Waals surface area contributed by atoms with E-state index in [2.05, 4.69) is 21.2 Å². The average Bonchev–Trinajstić information content (AvgIpc) is 2.82. The van der Waals surface area contributed by atoms with E-state index >= 15 is 0 Å². The fourth-order valence-electron chi connectivity index (χ4n) is 3.14. The lowest BCUT2D eigenvalue weighted by Crippen LogP contribution is -2.41. The molecule has 0 saturated carbocycles. The van der Waals surface area contributed by atoms with Gasteiger partial charge in [0, 0.05) is 0 Å². The molecule has 0 aliphatic rings. The van der Waals surface area contributed by atoms with Crippen molar-refractivity contribution < 1.29 is 22.7 Å². The Morgan fingerprint density at radius 2 is 1.59 bits per heavy atom. The molecule has 1 amide bonds. The molecule has 180 valence electrons. The van der Waals surface area contributed by atoms with E-state index in [0.29, 0.717) is 21.7 Å². The van der Waals surface area contributed by atoms with Gasteiger partial charge in [0.05, 0.1) is 28.7 Å². The number of halogens is 1.